The maximum atomic E-state index is 12.2. The zero-order chi connectivity index (χ0) is 18.5. The van der Waals surface area contributed by atoms with Crippen molar-refractivity contribution in [3.63, 3.8) is 0 Å². The van der Waals surface area contributed by atoms with E-state index in [-0.39, 0.29) is 5.91 Å². The number of aryl methyl sites for hydroxylation is 1. The molecule has 1 aliphatic rings. The molecule has 1 aromatic carbocycles. The summed E-state index contributed by atoms with van der Waals surface area (Å²) in [6.07, 6.45) is 6.53. The Balaban J connectivity index is 1.56. The molecule has 140 valence electrons. The Kier molecular flexibility index (Phi) is 6.84. The van der Waals surface area contributed by atoms with Gasteiger partial charge in [-0.2, -0.15) is 0 Å². The quantitative estimate of drug-likeness (QED) is 0.634. The van der Waals surface area contributed by atoms with E-state index >= 15 is 0 Å². The van der Waals surface area contributed by atoms with E-state index in [1.165, 1.54) is 32.1 Å². The first kappa shape index (κ1) is 19.5. The van der Waals surface area contributed by atoms with Crippen LogP contribution in [0.15, 0.2) is 23.4 Å². The topological polar surface area (TPSA) is 59.8 Å². The van der Waals surface area contributed by atoms with Gasteiger partial charge in [0.05, 0.1) is 15.7 Å². The number of hydrogen-bond donors (Lipinski definition) is 1. The Morgan fingerprint density at radius 2 is 1.92 bits per heavy atom. The molecule has 0 spiro atoms. The van der Waals surface area contributed by atoms with E-state index in [0.29, 0.717) is 33.9 Å². The normalized spacial score (nSPS) is 15.2. The zero-order valence-corrected chi connectivity index (χ0v) is 17.0. The van der Waals surface area contributed by atoms with Crippen molar-refractivity contribution in [3.05, 3.63) is 34.1 Å². The molecule has 0 atom stereocenters. The van der Waals surface area contributed by atoms with Gasteiger partial charge >= 0.3 is 0 Å². The second-order valence-electron chi connectivity index (χ2n) is 6.43. The lowest BCUT2D eigenvalue weighted by atomic mass is 9.95. The van der Waals surface area contributed by atoms with E-state index in [2.05, 4.69) is 20.1 Å². The van der Waals surface area contributed by atoms with Gasteiger partial charge in [-0.1, -0.05) is 60.3 Å². The maximum Gasteiger partial charge on any atom is 0.225 e. The third-order valence-electron chi connectivity index (χ3n) is 4.56. The highest BCUT2D eigenvalue weighted by molar-refractivity contribution is 7.99. The minimum Gasteiger partial charge on any atom is -0.324 e. The molecule has 1 aromatic heterocycles. The van der Waals surface area contributed by atoms with Gasteiger partial charge in [-0.15, -0.1) is 10.2 Å². The summed E-state index contributed by atoms with van der Waals surface area (Å²) in [4.78, 5) is 12.2. The number of carbonyl (C=O) groups excluding carboxylic acids is 1. The summed E-state index contributed by atoms with van der Waals surface area (Å²) in [5, 5.41) is 13.1. The lowest BCUT2D eigenvalue weighted by Gasteiger charge is -2.24. The largest absolute Gasteiger partial charge is 0.324 e. The van der Waals surface area contributed by atoms with Gasteiger partial charge in [0.25, 0.3) is 0 Å². The van der Waals surface area contributed by atoms with E-state index in [9.17, 15) is 4.79 Å². The number of rotatable bonds is 6. The molecular formula is C18H22Cl2N4OS. The van der Waals surface area contributed by atoms with E-state index in [1.807, 2.05) is 6.92 Å². The van der Waals surface area contributed by atoms with Crippen LogP contribution >= 0.6 is 35.0 Å². The summed E-state index contributed by atoms with van der Waals surface area (Å²) in [5.74, 6) is 1.46. The average molecular weight is 413 g/mol. The monoisotopic (exact) mass is 412 g/mol. The predicted molar refractivity (Wildman–Crippen MR) is 107 cm³/mol. The Bertz CT molecular complexity index is 754. The van der Waals surface area contributed by atoms with Crippen LogP contribution in [0.25, 0.3) is 0 Å². The Labute approximate surface area is 167 Å². The molecule has 3 rings (SSSR count). The van der Waals surface area contributed by atoms with Crippen LogP contribution in [0, 0.1) is 6.92 Å². The van der Waals surface area contributed by atoms with Crippen LogP contribution in [-0.4, -0.2) is 26.4 Å². The van der Waals surface area contributed by atoms with Crippen LogP contribution < -0.4 is 5.32 Å². The number of halogens is 2. The van der Waals surface area contributed by atoms with Crippen molar-refractivity contribution in [2.75, 3.05) is 11.1 Å². The van der Waals surface area contributed by atoms with Crippen LogP contribution in [0.3, 0.4) is 0 Å². The van der Waals surface area contributed by atoms with Crippen molar-refractivity contribution >= 4 is 46.6 Å². The van der Waals surface area contributed by atoms with E-state index in [1.54, 1.807) is 30.0 Å². The minimum atomic E-state index is -0.118. The second-order valence-corrected chi connectivity index (χ2v) is 8.31. The number of aromatic nitrogens is 3. The van der Waals surface area contributed by atoms with Crippen LogP contribution in [0.5, 0.6) is 0 Å². The van der Waals surface area contributed by atoms with Crippen molar-refractivity contribution in [3.8, 4) is 0 Å². The molecule has 1 fully saturated rings. The van der Waals surface area contributed by atoms with Crippen molar-refractivity contribution in [2.24, 2.45) is 0 Å². The fraction of sp³-hybridized carbons (Fsp3) is 0.500. The fourth-order valence-electron chi connectivity index (χ4n) is 3.26. The summed E-state index contributed by atoms with van der Waals surface area (Å²) in [6.45, 7) is 2.00. The lowest BCUT2D eigenvalue weighted by molar-refractivity contribution is -0.115. The predicted octanol–water partition coefficient (Wildman–Crippen LogP) is 5.52. The molecule has 1 aliphatic carbocycles. The van der Waals surface area contributed by atoms with Crippen LogP contribution in [0.2, 0.25) is 10.0 Å². The highest BCUT2D eigenvalue weighted by Gasteiger charge is 2.21. The number of amides is 1. The van der Waals surface area contributed by atoms with Gasteiger partial charge in [0, 0.05) is 18.2 Å². The number of nitrogens with zero attached hydrogens (tertiary/aromatic N) is 3. The van der Waals surface area contributed by atoms with Crippen LogP contribution in [0.4, 0.5) is 5.69 Å². The number of hydrogen-bond acceptors (Lipinski definition) is 4. The summed E-state index contributed by atoms with van der Waals surface area (Å²) < 4.78 is 2.24. The van der Waals surface area contributed by atoms with Gasteiger partial charge in [-0.25, -0.2) is 0 Å². The summed E-state index contributed by atoms with van der Waals surface area (Å²) >= 11 is 13.7. The van der Waals surface area contributed by atoms with Crippen molar-refractivity contribution in [2.45, 2.75) is 56.6 Å². The number of benzene rings is 1. The Hall–Kier alpha value is -1.24. The van der Waals surface area contributed by atoms with E-state index in [0.717, 1.165) is 11.0 Å². The number of nitrogens with one attached hydrogen (secondary N) is 1. The zero-order valence-electron chi connectivity index (χ0n) is 14.7. The molecule has 5 nitrogen and oxygen atoms in total. The minimum absolute atomic E-state index is 0.118. The SMILES string of the molecule is Cc1nnc(SCCC(=O)Nc2c(Cl)cccc2Cl)n1C1CCCCC1. The highest BCUT2D eigenvalue weighted by atomic mass is 35.5. The molecule has 1 saturated carbocycles. The van der Waals surface area contributed by atoms with Gasteiger partial charge in [0.15, 0.2) is 5.16 Å². The number of para-hydroxylation sites is 1. The van der Waals surface area contributed by atoms with Gasteiger partial charge in [-0.05, 0) is 31.9 Å². The molecule has 0 saturated heterocycles. The summed E-state index contributed by atoms with van der Waals surface area (Å²) in [7, 11) is 0. The van der Waals surface area contributed by atoms with Gasteiger partial charge in [0.2, 0.25) is 5.91 Å². The molecule has 26 heavy (non-hydrogen) atoms. The fourth-order valence-corrected chi connectivity index (χ4v) is 4.74. The number of carbonyl (C=O) groups is 1. The smallest absolute Gasteiger partial charge is 0.225 e. The third kappa shape index (κ3) is 4.72. The third-order valence-corrected chi connectivity index (χ3v) is 6.14. The maximum absolute atomic E-state index is 12.2. The van der Waals surface area contributed by atoms with Crippen molar-refractivity contribution in [1.29, 1.82) is 0 Å². The molecule has 0 radical (unpaired) electrons. The van der Waals surface area contributed by atoms with Crippen molar-refractivity contribution < 1.29 is 4.79 Å². The second kappa shape index (κ2) is 9.11. The molecule has 2 aromatic rings. The first-order valence-electron chi connectivity index (χ1n) is 8.84. The molecule has 1 amide bonds. The molecule has 1 heterocycles. The Morgan fingerprint density at radius 3 is 2.62 bits per heavy atom. The first-order chi connectivity index (χ1) is 12.6. The van der Waals surface area contributed by atoms with E-state index in [4.69, 9.17) is 23.2 Å². The molecule has 0 unspecified atom stereocenters. The summed E-state index contributed by atoms with van der Waals surface area (Å²) in [5.41, 5.74) is 0.465. The lowest BCUT2D eigenvalue weighted by Crippen LogP contribution is -2.16. The number of anilines is 1. The van der Waals surface area contributed by atoms with Gasteiger partial charge in [-0.3, -0.25) is 4.79 Å². The van der Waals surface area contributed by atoms with Crippen LogP contribution in [-0.2, 0) is 4.79 Å². The molecule has 0 aliphatic heterocycles. The molecule has 8 heteroatoms. The first-order valence-corrected chi connectivity index (χ1v) is 10.6. The Morgan fingerprint density at radius 1 is 1.23 bits per heavy atom. The van der Waals surface area contributed by atoms with Gasteiger partial charge in [0.1, 0.15) is 5.82 Å². The molecule has 0 bridgehead atoms. The molecule has 1 N–H and O–H groups in total. The number of thioether (sulfide) groups is 1. The average Bonchev–Trinajstić information content (AvgIpc) is 3.00. The van der Waals surface area contributed by atoms with Gasteiger partial charge < -0.3 is 9.88 Å². The van der Waals surface area contributed by atoms with E-state index < -0.39 is 0 Å². The standard InChI is InChI=1S/C18H22Cl2N4OS/c1-12-22-23-18(24(12)13-6-3-2-4-7-13)26-11-10-16(25)21-17-14(19)8-5-9-15(17)20/h5,8-9,13H,2-4,6-7,10-11H2,1H3,(H,21,25). The molecular weight excluding hydrogens is 391 g/mol. The summed E-state index contributed by atoms with van der Waals surface area (Å²) in [6, 6.07) is 5.63. The van der Waals surface area contributed by atoms with Crippen LogP contribution in [0.1, 0.15) is 50.4 Å². The highest BCUT2D eigenvalue weighted by Crippen LogP contribution is 2.33. The van der Waals surface area contributed by atoms with Crippen molar-refractivity contribution in [1.82, 2.24) is 14.8 Å².